The van der Waals surface area contributed by atoms with Crippen LogP contribution in [0.3, 0.4) is 0 Å². The molecular formula is C22H28N3O4+. The van der Waals surface area contributed by atoms with Gasteiger partial charge in [0.25, 0.3) is 0 Å². The minimum atomic E-state index is -0.220. The second-order valence-corrected chi connectivity index (χ2v) is 8.09. The van der Waals surface area contributed by atoms with Gasteiger partial charge >= 0.3 is 0 Å². The van der Waals surface area contributed by atoms with Crippen molar-refractivity contribution < 1.29 is 24.0 Å². The molecular weight excluding hydrogens is 370 g/mol. The molecule has 0 bridgehead atoms. The van der Waals surface area contributed by atoms with E-state index in [0.717, 1.165) is 59.9 Å². The Kier molecular flexibility index (Phi) is 5.32. The molecule has 1 fully saturated rings. The van der Waals surface area contributed by atoms with E-state index in [4.69, 9.17) is 15.2 Å². The average Bonchev–Trinajstić information content (AvgIpc) is 3.27. The molecule has 0 spiro atoms. The normalized spacial score (nSPS) is 20.6. The molecule has 2 aromatic rings. The summed E-state index contributed by atoms with van der Waals surface area (Å²) in [6, 6.07) is 7.94. The van der Waals surface area contributed by atoms with Crippen molar-refractivity contribution in [2.24, 2.45) is 11.7 Å². The molecule has 29 heavy (non-hydrogen) atoms. The van der Waals surface area contributed by atoms with Crippen LogP contribution in [-0.2, 0) is 11.3 Å². The minimum Gasteiger partial charge on any atom is -0.454 e. The first-order chi connectivity index (χ1) is 13.9. The molecule has 3 N–H and O–H groups in total. The molecule has 1 saturated heterocycles. The molecule has 2 aliphatic rings. The zero-order valence-corrected chi connectivity index (χ0v) is 17.0. The summed E-state index contributed by atoms with van der Waals surface area (Å²) in [7, 11) is 0. The van der Waals surface area contributed by atoms with Crippen LogP contribution in [0.5, 0.6) is 11.5 Å². The predicted molar refractivity (Wildman–Crippen MR) is 107 cm³/mol. The van der Waals surface area contributed by atoms with E-state index in [1.165, 1.54) is 4.90 Å². The van der Waals surface area contributed by atoms with Gasteiger partial charge in [-0.15, -0.1) is 0 Å². The van der Waals surface area contributed by atoms with Crippen molar-refractivity contribution in [1.82, 2.24) is 4.57 Å². The molecule has 0 saturated carbocycles. The van der Waals surface area contributed by atoms with Gasteiger partial charge in [0, 0.05) is 42.3 Å². The largest absolute Gasteiger partial charge is 0.454 e. The Morgan fingerprint density at radius 1 is 1.14 bits per heavy atom. The quantitative estimate of drug-likeness (QED) is 0.706. The first kappa shape index (κ1) is 19.5. The van der Waals surface area contributed by atoms with E-state index in [0.29, 0.717) is 13.1 Å². The molecule has 7 nitrogen and oxygen atoms in total. The summed E-state index contributed by atoms with van der Waals surface area (Å²) in [6.07, 6.45) is 1.53. The van der Waals surface area contributed by atoms with Crippen LogP contribution in [0, 0.1) is 19.8 Å². The molecule has 1 amide bonds. The molecule has 154 valence electrons. The Morgan fingerprint density at radius 3 is 2.59 bits per heavy atom. The van der Waals surface area contributed by atoms with Gasteiger partial charge in [0.2, 0.25) is 18.5 Å². The van der Waals surface area contributed by atoms with Crippen LogP contribution in [-0.4, -0.2) is 42.7 Å². The number of piperidine rings is 1. The molecule has 3 heterocycles. The van der Waals surface area contributed by atoms with Crippen LogP contribution < -0.4 is 20.1 Å². The maximum Gasteiger partial charge on any atom is 0.231 e. The fraction of sp³-hybridized carbons (Fsp3) is 0.455. The lowest BCUT2D eigenvalue weighted by Gasteiger charge is -2.27. The van der Waals surface area contributed by atoms with Gasteiger partial charge in [-0.1, -0.05) is 6.07 Å². The number of nitrogens with two attached hydrogens (primary N) is 1. The number of carbonyl (C=O) groups is 2. The first-order valence-corrected chi connectivity index (χ1v) is 10.1. The van der Waals surface area contributed by atoms with E-state index in [2.05, 4.69) is 4.57 Å². The number of quaternary nitrogens is 1. The Labute approximate surface area is 170 Å². The zero-order valence-electron chi connectivity index (χ0n) is 17.0. The molecule has 4 rings (SSSR count). The van der Waals surface area contributed by atoms with Gasteiger partial charge in [-0.25, -0.2) is 0 Å². The van der Waals surface area contributed by atoms with Gasteiger partial charge in [0.05, 0.1) is 13.1 Å². The summed E-state index contributed by atoms with van der Waals surface area (Å²) in [5.41, 5.74) is 9.34. The number of ether oxygens (including phenoxy) is 2. The van der Waals surface area contributed by atoms with Gasteiger partial charge in [0.1, 0.15) is 6.54 Å². The number of hydrogen-bond acceptors (Lipinski definition) is 4. The minimum absolute atomic E-state index is 0.0411. The number of hydrogen-bond donors (Lipinski definition) is 2. The van der Waals surface area contributed by atoms with Crippen LogP contribution in [0.15, 0.2) is 24.3 Å². The SMILES string of the molecule is Cc1cc(C(=O)C[NH+]2CCC(C(N)=O)CC2)c(C)n1Cc1ccc2c(c1)OCO2. The van der Waals surface area contributed by atoms with Crippen LogP contribution in [0.2, 0.25) is 0 Å². The van der Waals surface area contributed by atoms with E-state index in [-0.39, 0.29) is 24.4 Å². The molecule has 1 aromatic heterocycles. The van der Waals surface area contributed by atoms with Crippen molar-refractivity contribution in [1.29, 1.82) is 0 Å². The highest BCUT2D eigenvalue weighted by Gasteiger charge is 2.28. The van der Waals surface area contributed by atoms with Crippen molar-refractivity contribution in [2.45, 2.75) is 33.2 Å². The number of fused-ring (bicyclic) bond motifs is 1. The second-order valence-electron chi connectivity index (χ2n) is 8.09. The van der Waals surface area contributed by atoms with Crippen molar-refractivity contribution >= 4 is 11.7 Å². The third-order valence-corrected chi connectivity index (χ3v) is 6.16. The lowest BCUT2D eigenvalue weighted by atomic mass is 9.96. The smallest absolute Gasteiger partial charge is 0.231 e. The third kappa shape index (κ3) is 4.00. The summed E-state index contributed by atoms with van der Waals surface area (Å²) in [6.45, 7) is 7.06. The first-order valence-electron chi connectivity index (χ1n) is 10.1. The summed E-state index contributed by atoms with van der Waals surface area (Å²) in [5.74, 6) is 1.43. The van der Waals surface area contributed by atoms with E-state index in [9.17, 15) is 9.59 Å². The van der Waals surface area contributed by atoms with Gasteiger partial charge in [0.15, 0.2) is 11.5 Å². The summed E-state index contributed by atoms with van der Waals surface area (Å²) in [5, 5.41) is 0. The molecule has 1 aromatic carbocycles. The molecule has 0 radical (unpaired) electrons. The topological polar surface area (TPSA) is 88.0 Å². The number of carbonyl (C=O) groups excluding carboxylic acids is 2. The number of amides is 1. The Hall–Kier alpha value is -2.80. The second kappa shape index (κ2) is 7.91. The van der Waals surface area contributed by atoms with Crippen molar-refractivity contribution in [2.75, 3.05) is 26.4 Å². The Bertz CT molecular complexity index is 942. The van der Waals surface area contributed by atoms with Crippen LogP contribution in [0.4, 0.5) is 0 Å². The number of rotatable bonds is 6. The number of primary amides is 1. The van der Waals surface area contributed by atoms with Gasteiger partial charge in [-0.05, 0) is 37.6 Å². The highest BCUT2D eigenvalue weighted by atomic mass is 16.7. The molecule has 0 atom stereocenters. The van der Waals surface area contributed by atoms with Crippen LogP contribution in [0.1, 0.15) is 40.2 Å². The van der Waals surface area contributed by atoms with Crippen molar-refractivity contribution in [3.05, 3.63) is 46.8 Å². The number of benzene rings is 1. The standard InChI is InChI=1S/C22H27N3O4/c1-14-9-18(19(26)12-24-7-5-17(6-8-24)22(23)27)15(2)25(14)11-16-3-4-20-21(10-16)29-13-28-20/h3-4,9-10,17H,5-8,11-13H2,1-2H3,(H2,23,27)/p+1. The van der Waals surface area contributed by atoms with E-state index < -0.39 is 0 Å². The number of Topliss-reactive ketones (excluding diaryl/α,β-unsaturated/α-hetero) is 1. The lowest BCUT2D eigenvalue weighted by molar-refractivity contribution is -0.897. The maximum absolute atomic E-state index is 13.0. The van der Waals surface area contributed by atoms with Crippen LogP contribution >= 0.6 is 0 Å². The van der Waals surface area contributed by atoms with E-state index >= 15 is 0 Å². The highest BCUT2D eigenvalue weighted by Crippen LogP contribution is 2.33. The number of aromatic nitrogens is 1. The van der Waals surface area contributed by atoms with Crippen molar-refractivity contribution in [3.63, 3.8) is 0 Å². The number of likely N-dealkylation sites (tertiary alicyclic amines) is 1. The summed E-state index contributed by atoms with van der Waals surface area (Å²) >= 11 is 0. The third-order valence-electron chi connectivity index (χ3n) is 6.16. The number of nitrogens with zero attached hydrogens (tertiary/aromatic N) is 1. The van der Waals surface area contributed by atoms with Crippen LogP contribution in [0.25, 0.3) is 0 Å². The molecule has 0 unspecified atom stereocenters. The Balaban J connectivity index is 1.44. The fourth-order valence-electron chi connectivity index (χ4n) is 4.36. The van der Waals surface area contributed by atoms with Gasteiger partial charge in [-0.2, -0.15) is 0 Å². The number of aryl methyl sites for hydroxylation is 1. The number of ketones is 1. The predicted octanol–water partition coefficient (Wildman–Crippen LogP) is 0.845. The summed E-state index contributed by atoms with van der Waals surface area (Å²) < 4.78 is 13.0. The highest BCUT2D eigenvalue weighted by molar-refractivity contribution is 5.98. The lowest BCUT2D eigenvalue weighted by Crippen LogP contribution is -3.14. The maximum atomic E-state index is 13.0. The zero-order chi connectivity index (χ0) is 20.5. The fourth-order valence-corrected chi connectivity index (χ4v) is 4.36. The number of nitrogens with one attached hydrogen (secondary N) is 1. The van der Waals surface area contributed by atoms with Crippen molar-refractivity contribution in [3.8, 4) is 11.5 Å². The van der Waals surface area contributed by atoms with E-state index in [1.807, 2.05) is 38.1 Å². The molecule has 0 aliphatic carbocycles. The monoisotopic (exact) mass is 398 g/mol. The molecule has 7 heteroatoms. The molecule has 2 aliphatic heterocycles. The summed E-state index contributed by atoms with van der Waals surface area (Å²) in [4.78, 5) is 25.5. The average molecular weight is 398 g/mol. The van der Waals surface area contributed by atoms with E-state index in [1.54, 1.807) is 0 Å². The van der Waals surface area contributed by atoms with Gasteiger partial charge < -0.3 is 24.7 Å². The van der Waals surface area contributed by atoms with Gasteiger partial charge in [-0.3, -0.25) is 9.59 Å². The Morgan fingerprint density at radius 2 is 1.86 bits per heavy atom.